The zero-order chi connectivity index (χ0) is 12.1. The molecular formula is C13H24N4. The first kappa shape index (κ1) is 12.6. The van der Waals surface area contributed by atoms with Crippen LogP contribution in [0.2, 0.25) is 0 Å². The Kier molecular flexibility index (Phi) is 4.54. The summed E-state index contributed by atoms with van der Waals surface area (Å²) in [7, 11) is 0. The van der Waals surface area contributed by atoms with Crippen LogP contribution in [0.4, 0.5) is 0 Å². The average molecular weight is 236 g/mol. The van der Waals surface area contributed by atoms with Crippen molar-refractivity contribution in [2.75, 3.05) is 0 Å². The molecule has 1 aromatic heterocycles. The summed E-state index contributed by atoms with van der Waals surface area (Å²) in [4.78, 5) is 4.29. The quantitative estimate of drug-likeness (QED) is 0.853. The van der Waals surface area contributed by atoms with Gasteiger partial charge in [-0.2, -0.15) is 5.10 Å². The lowest BCUT2D eigenvalue weighted by Crippen LogP contribution is -2.33. The third kappa shape index (κ3) is 3.28. The molecule has 0 aromatic carbocycles. The van der Waals surface area contributed by atoms with Gasteiger partial charge in [-0.15, -0.1) is 0 Å². The average Bonchev–Trinajstić information content (AvgIpc) is 2.84. The largest absolute Gasteiger partial charge is 0.307 e. The maximum Gasteiger partial charge on any atom is 0.140 e. The molecule has 1 aliphatic carbocycles. The molecule has 4 heteroatoms. The van der Waals surface area contributed by atoms with E-state index in [9.17, 15) is 0 Å². The first-order valence-electron chi connectivity index (χ1n) is 6.93. The first-order valence-corrected chi connectivity index (χ1v) is 6.93. The summed E-state index contributed by atoms with van der Waals surface area (Å²) in [5.41, 5.74) is 0. The third-order valence-corrected chi connectivity index (χ3v) is 3.97. The van der Waals surface area contributed by atoms with Gasteiger partial charge in [0.05, 0.1) is 6.54 Å². The van der Waals surface area contributed by atoms with Gasteiger partial charge in [-0.1, -0.05) is 13.3 Å². The van der Waals surface area contributed by atoms with Gasteiger partial charge in [0.1, 0.15) is 12.2 Å². The van der Waals surface area contributed by atoms with Crippen LogP contribution >= 0.6 is 0 Å². The molecule has 0 bridgehead atoms. The fraction of sp³-hybridized carbons (Fsp3) is 0.846. The predicted octanol–water partition coefficient (Wildman–Crippen LogP) is 2.36. The summed E-state index contributed by atoms with van der Waals surface area (Å²) in [6.45, 7) is 6.17. The van der Waals surface area contributed by atoms with Gasteiger partial charge in [-0.3, -0.25) is 0 Å². The molecule has 2 rings (SSSR count). The Morgan fingerprint density at radius 2 is 2.06 bits per heavy atom. The van der Waals surface area contributed by atoms with Crippen molar-refractivity contribution < 1.29 is 0 Å². The SMILES string of the molecule is CCC1CCC(NCc2ncnn2CC)CC1. The van der Waals surface area contributed by atoms with Crippen molar-refractivity contribution in [1.82, 2.24) is 20.1 Å². The van der Waals surface area contributed by atoms with E-state index in [4.69, 9.17) is 0 Å². The summed E-state index contributed by atoms with van der Waals surface area (Å²) in [5.74, 6) is 2.03. The molecule has 1 N–H and O–H groups in total. The van der Waals surface area contributed by atoms with Crippen molar-refractivity contribution in [3.63, 3.8) is 0 Å². The Labute approximate surface area is 104 Å². The van der Waals surface area contributed by atoms with Crippen molar-refractivity contribution in [2.24, 2.45) is 5.92 Å². The molecule has 0 atom stereocenters. The first-order chi connectivity index (χ1) is 8.33. The molecular weight excluding hydrogens is 212 g/mol. The Bertz CT molecular complexity index is 326. The van der Waals surface area contributed by atoms with Crippen molar-refractivity contribution >= 4 is 0 Å². The van der Waals surface area contributed by atoms with Crippen molar-refractivity contribution in [3.8, 4) is 0 Å². The molecule has 0 aliphatic heterocycles. The lowest BCUT2D eigenvalue weighted by Gasteiger charge is -2.28. The monoisotopic (exact) mass is 236 g/mol. The molecule has 1 heterocycles. The Morgan fingerprint density at radius 1 is 1.29 bits per heavy atom. The van der Waals surface area contributed by atoms with E-state index in [2.05, 4.69) is 29.2 Å². The minimum absolute atomic E-state index is 0.680. The minimum atomic E-state index is 0.680. The van der Waals surface area contributed by atoms with Crippen molar-refractivity contribution in [1.29, 1.82) is 0 Å². The fourth-order valence-corrected chi connectivity index (χ4v) is 2.70. The molecule has 17 heavy (non-hydrogen) atoms. The van der Waals surface area contributed by atoms with Crippen LogP contribution in [-0.2, 0) is 13.1 Å². The van der Waals surface area contributed by atoms with E-state index in [0.717, 1.165) is 24.8 Å². The molecule has 0 unspecified atom stereocenters. The van der Waals surface area contributed by atoms with E-state index in [1.807, 2.05) is 4.68 Å². The van der Waals surface area contributed by atoms with E-state index in [1.165, 1.54) is 32.1 Å². The lowest BCUT2D eigenvalue weighted by molar-refractivity contribution is 0.283. The highest BCUT2D eigenvalue weighted by Gasteiger charge is 2.19. The summed E-state index contributed by atoms with van der Waals surface area (Å²) in [5, 5.41) is 7.81. The molecule has 4 nitrogen and oxygen atoms in total. The maximum absolute atomic E-state index is 4.29. The van der Waals surface area contributed by atoms with Gasteiger partial charge in [0.2, 0.25) is 0 Å². The van der Waals surface area contributed by atoms with Gasteiger partial charge < -0.3 is 5.32 Å². The standard InChI is InChI=1S/C13H24N4/c1-3-11-5-7-12(8-6-11)14-9-13-15-10-16-17(13)4-2/h10-12,14H,3-9H2,1-2H3. The van der Waals surface area contributed by atoms with E-state index in [0.29, 0.717) is 6.04 Å². The zero-order valence-corrected chi connectivity index (χ0v) is 11.0. The number of nitrogens with one attached hydrogen (secondary N) is 1. The molecule has 0 spiro atoms. The highest BCUT2D eigenvalue weighted by atomic mass is 15.3. The highest BCUT2D eigenvalue weighted by molar-refractivity contribution is 4.86. The van der Waals surface area contributed by atoms with E-state index in [-0.39, 0.29) is 0 Å². The van der Waals surface area contributed by atoms with Crippen LogP contribution in [-0.4, -0.2) is 20.8 Å². The molecule has 1 aromatic rings. The summed E-state index contributed by atoms with van der Waals surface area (Å²) in [6.07, 6.45) is 8.40. The van der Waals surface area contributed by atoms with Crippen LogP contribution < -0.4 is 5.32 Å². The molecule has 1 saturated carbocycles. The van der Waals surface area contributed by atoms with Crippen LogP contribution in [0.1, 0.15) is 51.8 Å². The molecule has 1 aliphatic rings. The summed E-state index contributed by atoms with van der Waals surface area (Å²) < 4.78 is 1.96. The third-order valence-electron chi connectivity index (χ3n) is 3.97. The van der Waals surface area contributed by atoms with Gasteiger partial charge in [-0.25, -0.2) is 9.67 Å². The number of hydrogen-bond acceptors (Lipinski definition) is 3. The van der Waals surface area contributed by atoms with E-state index in [1.54, 1.807) is 6.33 Å². The number of hydrogen-bond donors (Lipinski definition) is 1. The second-order valence-corrected chi connectivity index (χ2v) is 5.00. The number of nitrogens with zero attached hydrogens (tertiary/aromatic N) is 3. The van der Waals surface area contributed by atoms with Crippen LogP contribution in [0.5, 0.6) is 0 Å². The lowest BCUT2D eigenvalue weighted by atomic mass is 9.84. The Hall–Kier alpha value is -0.900. The summed E-state index contributed by atoms with van der Waals surface area (Å²) in [6, 6.07) is 0.680. The normalized spacial score (nSPS) is 25.1. The topological polar surface area (TPSA) is 42.7 Å². The highest BCUT2D eigenvalue weighted by Crippen LogP contribution is 2.26. The Balaban J connectivity index is 1.76. The Morgan fingerprint density at radius 3 is 2.71 bits per heavy atom. The van der Waals surface area contributed by atoms with Crippen molar-refractivity contribution in [2.45, 2.75) is 65.1 Å². The van der Waals surface area contributed by atoms with E-state index < -0.39 is 0 Å². The molecule has 0 radical (unpaired) electrons. The van der Waals surface area contributed by atoms with Gasteiger partial charge >= 0.3 is 0 Å². The predicted molar refractivity (Wildman–Crippen MR) is 68.6 cm³/mol. The van der Waals surface area contributed by atoms with Crippen LogP contribution in [0.25, 0.3) is 0 Å². The summed E-state index contributed by atoms with van der Waals surface area (Å²) >= 11 is 0. The number of aryl methyl sites for hydroxylation is 1. The second kappa shape index (κ2) is 6.15. The van der Waals surface area contributed by atoms with Crippen LogP contribution in [0, 0.1) is 5.92 Å². The van der Waals surface area contributed by atoms with Crippen molar-refractivity contribution in [3.05, 3.63) is 12.2 Å². The number of aromatic nitrogens is 3. The smallest absolute Gasteiger partial charge is 0.140 e. The maximum atomic E-state index is 4.29. The minimum Gasteiger partial charge on any atom is -0.307 e. The van der Waals surface area contributed by atoms with Crippen LogP contribution in [0.3, 0.4) is 0 Å². The molecule has 0 saturated heterocycles. The van der Waals surface area contributed by atoms with E-state index >= 15 is 0 Å². The van der Waals surface area contributed by atoms with Gasteiger partial charge in [0.25, 0.3) is 0 Å². The van der Waals surface area contributed by atoms with Crippen LogP contribution in [0.15, 0.2) is 6.33 Å². The number of rotatable bonds is 5. The molecule has 1 fully saturated rings. The van der Waals surface area contributed by atoms with Gasteiger partial charge in [0.15, 0.2) is 0 Å². The van der Waals surface area contributed by atoms with Gasteiger partial charge in [-0.05, 0) is 38.5 Å². The molecule has 96 valence electrons. The molecule has 0 amide bonds. The zero-order valence-electron chi connectivity index (χ0n) is 11.0. The van der Waals surface area contributed by atoms with Gasteiger partial charge in [0, 0.05) is 12.6 Å². The second-order valence-electron chi connectivity index (χ2n) is 5.00. The fourth-order valence-electron chi connectivity index (χ4n) is 2.70.